The molecule has 0 fully saturated rings. The van der Waals surface area contributed by atoms with Gasteiger partial charge in [0.2, 0.25) is 0 Å². The third-order valence-corrected chi connectivity index (χ3v) is 16.6. The average molecular weight is 1210 g/mol. The van der Waals surface area contributed by atoms with Gasteiger partial charge < -0.3 is 19.9 Å². The van der Waals surface area contributed by atoms with Gasteiger partial charge in [0.1, 0.15) is 0 Å². The van der Waals surface area contributed by atoms with Crippen LogP contribution in [0.25, 0.3) is 108 Å². The van der Waals surface area contributed by atoms with Gasteiger partial charge in [-0.2, -0.15) is 0 Å². The van der Waals surface area contributed by atoms with Crippen LogP contribution in [-0.2, 0) is 21.1 Å². The molecule has 0 amide bonds. The van der Waals surface area contributed by atoms with Crippen molar-refractivity contribution in [1.29, 1.82) is 0 Å². The molecule has 0 aliphatic heterocycles. The fourth-order valence-electron chi connectivity index (χ4n) is 12.9. The fraction of sp³-hybridized carbons (Fsp3) is 0. The molecule has 378 valence electrons. The number of rotatable bonds is 4. The molecule has 16 aromatic rings. The Hall–Kier alpha value is -9.99. The van der Waals surface area contributed by atoms with E-state index < -0.39 is 0 Å². The molecule has 5 heteroatoms. The van der Waals surface area contributed by atoms with Gasteiger partial charge in [-0.15, -0.1) is 44.2 Å². The molecular formula is C76H44N4Pt. The molecule has 0 saturated carbocycles. The normalized spacial score (nSPS) is 15.4. The van der Waals surface area contributed by atoms with Gasteiger partial charge in [0.25, 0.3) is 0 Å². The molecule has 0 unspecified atom stereocenters. The van der Waals surface area contributed by atoms with E-state index in [1.807, 2.05) is 0 Å². The van der Waals surface area contributed by atoms with Crippen LogP contribution in [0, 0.1) is 0 Å². The second-order valence-electron chi connectivity index (χ2n) is 21.2. The van der Waals surface area contributed by atoms with Crippen molar-refractivity contribution in [3.05, 3.63) is 333 Å². The Morgan fingerprint density at radius 2 is 0.346 bits per heavy atom. The van der Waals surface area contributed by atoms with Crippen LogP contribution in [0.5, 0.6) is 0 Å². The first-order valence-electron chi connectivity index (χ1n) is 27.4. The molecule has 0 atom stereocenters. The third kappa shape index (κ3) is 7.34. The maximum Gasteiger partial charge on any atom is 4.00 e. The largest absolute Gasteiger partial charge is 4.00 e. The number of hydrogen-bond acceptors (Lipinski definition) is 0. The standard InChI is InChI=1S/C76H44N4.Pt/c1-5-21-45(22-6-1)65-69-57-37-49-29-13-15-31-51(49)39-59(57)71(77-69)66(46-23-7-2-8-24-46)73-61-41-53-33-17-19-35-55(53)43-63(61)75(79-73)68(48-27-11-4-12-28-48)76-64-44-56-36-20-18-34-54(56)42-62(64)74(80-76)67(47-25-9-3-10-26-47)72-60-40-52-32-16-14-30-50(52)38-58(60)70(65)78-72;/h1-44H;/q-4;+4/b69-65-,70-65?,71-66-,72-67?,73-66?,74-67-,75-68?,76-68-;. The van der Waals surface area contributed by atoms with Gasteiger partial charge in [0, 0.05) is 0 Å². The zero-order valence-corrected chi connectivity index (χ0v) is 45.8. The summed E-state index contributed by atoms with van der Waals surface area (Å²) in [6, 6.07) is 96.7. The zero-order chi connectivity index (χ0) is 52.4. The molecule has 12 aromatic carbocycles. The van der Waals surface area contributed by atoms with E-state index in [9.17, 15) is 0 Å². The minimum absolute atomic E-state index is 0. The first-order valence-corrected chi connectivity index (χ1v) is 27.4. The fourth-order valence-corrected chi connectivity index (χ4v) is 12.9. The van der Waals surface area contributed by atoms with Gasteiger partial charge in [-0.05, 0) is 179 Å². The van der Waals surface area contributed by atoms with Crippen molar-refractivity contribution < 1.29 is 21.1 Å². The van der Waals surface area contributed by atoms with E-state index in [1.54, 1.807) is 0 Å². The second-order valence-corrected chi connectivity index (χ2v) is 21.2. The Morgan fingerprint density at radius 1 is 0.173 bits per heavy atom. The first kappa shape index (κ1) is 47.0. The molecule has 1 aliphatic carbocycles. The van der Waals surface area contributed by atoms with Gasteiger partial charge in [0.15, 0.2) is 0 Å². The molecule has 4 heterocycles. The molecule has 17 rings (SSSR count). The summed E-state index contributed by atoms with van der Waals surface area (Å²) >= 11 is 0. The van der Waals surface area contributed by atoms with Crippen molar-refractivity contribution >= 4 is 108 Å². The molecule has 8 bridgehead atoms. The minimum Gasteiger partial charge on any atom is -0.656 e. The quantitative estimate of drug-likeness (QED) is 0.176. The Kier molecular flexibility index (Phi) is 10.8. The van der Waals surface area contributed by atoms with Gasteiger partial charge in [-0.3, -0.25) is 0 Å². The van der Waals surface area contributed by atoms with E-state index in [-0.39, 0.29) is 21.1 Å². The van der Waals surface area contributed by atoms with Crippen molar-refractivity contribution in [2.75, 3.05) is 0 Å². The van der Waals surface area contributed by atoms with E-state index in [4.69, 9.17) is 19.9 Å². The summed E-state index contributed by atoms with van der Waals surface area (Å²) in [5, 5.41) is 20.8. The van der Waals surface area contributed by atoms with E-state index in [1.165, 1.54) is 0 Å². The number of aromatic nitrogens is 4. The number of benzene rings is 12. The summed E-state index contributed by atoms with van der Waals surface area (Å²) in [7, 11) is 0. The molecule has 0 spiro atoms. The molecule has 81 heavy (non-hydrogen) atoms. The van der Waals surface area contributed by atoms with Crippen LogP contribution >= 0.6 is 0 Å². The van der Waals surface area contributed by atoms with Gasteiger partial charge in [0.05, 0.1) is 0 Å². The van der Waals surface area contributed by atoms with Crippen LogP contribution < -0.4 is 41.3 Å². The van der Waals surface area contributed by atoms with E-state index in [0.717, 1.165) is 175 Å². The third-order valence-electron chi connectivity index (χ3n) is 16.6. The summed E-state index contributed by atoms with van der Waals surface area (Å²) in [5.41, 5.74) is 11.3. The van der Waals surface area contributed by atoms with Crippen LogP contribution in [0.15, 0.2) is 267 Å². The topological polar surface area (TPSA) is 56.4 Å². The summed E-state index contributed by atoms with van der Waals surface area (Å²) in [6.07, 6.45) is 0. The summed E-state index contributed by atoms with van der Waals surface area (Å²) in [6.45, 7) is 0. The Labute approximate surface area is 479 Å². The molecule has 4 aromatic heterocycles. The van der Waals surface area contributed by atoms with E-state index in [0.29, 0.717) is 0 Å². The Balaban J connectivity index is 0.00000542. The van der Waals surface area contributed by atoms with E-state index in [2.05, 4.69) is 267 Å². The maximum atomic E-state index is 6.12. The monoisotopic (exact) mass is 1210 g/mol. The summed E-state index contributed by atoms with van der Waals surface area (Å²) < 4.78 is 0. The molecule has 0 N–H and O–H groups in total. The SMILES string of the molecule is [Pt+4].c1ccc(/C2=c3/[n-]/c(c4cc5ccccc5cc34)=C(/c3ccccc3)c3[n-]c(c4cc5ccccc5cc34)/C(c3ccccc3)=c3\[n-]/c(c4cc5ccccc5cc34)=C(/c3ccccc3)c3[n-]c2c2cc4ccccc4cc32)cc1. The Morgan fingerprint density at radius 3 is 0.543 bits per heavy atom. The van der Waals surface area contributed by atoms with Crippen molar-refractivity contribution in [2.45, 2.75) is 0 Å². The van der Waals surface area contributed by atoms with E-state index >= 15 is 0 Å². The number of fused-ring (bicyclic) bond motifs is 4. The summed E-state index contributed by atoms with van der Waals surface area (Å²) in [5.74, 6) is 0. The Bertz CT molecular complexity index is 4830. The van der Waals surface area contributed by atoms with Crippen molar-refractivity contribution in [3.8, 4) is 0 Å². The van der Waals surface area contributed by atoms with Crippen molar-refractivity contribution in [2.24, 2.45) is 0 Å². The van der Waals surface area contributed by atoms with Crippen molar-refractivity contribution in [3.63, 3.8) is 0 Å². The van der Waals surface area contributed by atoms with Gasteiger partial charge in [-0.25, -0.2) is 0 Å². The van der Waals surface area contributed by atoms with Crippen molar-refractivity contribution in [1.82, 2.24) is 19.9 Å². The summed E-state index contributed by atoms with van der Waals surface area (Å²) in [4.78, 5) is 24.5. The molecule has 4 nitrogen and oxygen atoms in total. The maximum absolute atomic E-state index is 6.12. The van der Waals surface area contributed by atoms with Crippen LogP contribution in [0.4, 0.5) is 0 Å². The molecule has 1 aliphatic rings. The smallest absolute Gasteiger partial charge is 0.656 e. The minimum atomic E-state index is 0. The zero-order valence-electron chi connectivity index (χ0n) is 43.5. The van der Waals surface area contributed by atoms with Crippen LogP contribution in [0.1, 0.15) is 45.0 Å². The van der Waals surface area contributed by atoms with Crippen LogP contribution in [0.2, 0.25) is 0 Å². The predicted octanol–water partition coefficient (Wildman–Crippen LogP) is 14.0. The van der Waals surface area contributed by atoms with Gasteiger partial charge in [-0.1, -0.05) is 218 Å². The molecule has 0 radical (unpaired) electrons. The predicted molar refractivity (Wildman–Crippen MR) is 330 cm³/mol. The van der Waals surface area contributed by atoms with Gasteiger partial charge >= 0.3 is 21.1 Å². The number of nitrogens with zero attached hydrogens (tertiary/aromatic N) is 4. The molecular weight excluding hydrogens is 1160 g/mol. The first-order chi connectivity index (χ1) is 39.7. The second kappa shape index (κ2) is 18.6. The number of hydrogen-bond donors (Lipinski definition) is 0. The van der Waals surface area contributed by atoms with Crippen LogP contribution in [-0.4, -0.2) is 0 Å². The molecule has 0 saturated heterocycles. The van der Waals surface area contributed by atoms with Crippen LogP contribution in [0.3, 0.4) is 0 Å². The average Bonchev–Trinajstić information content (AvgIpc) is 3.98.